The number of amides is 2. The molecule has 2 aromatic carbocycles. The molecule has 0 aliphatic carbocycles. The second-order valence-electron chi connectivity index (χ2n) is 7.34. The van der Waals surface area contributed by atoms with Crippen molar-refractivity contribution in [3.63, 3.8) is 0 Å². The number of carbonyl (C=O) groups excluding carboxylic acids is 2. The van der Waals surface area contributed by atoms with Gasteiger partial charge in [0.1, 0.15) is 12.3 Å². The molecule has 30 heavy (non-hydrogen) atoms. The molecule has 156 valence electrons. The van der Waals surface area contributed by atoms with Gasteiger partial charge in [0.15, 0.2) is 0 Å². The Labute approximate surface area is 175 Å². The second kappa shape index (κ2) is 8.96. The molecule has 2 aliphatic rings. The van der Waals surface area contributed by atoms with Gasteiger partial charge in [0.2, 0.25) is 5.91 Å². The third-order valence-corrected chi connectivity index (χ3v) is 5.41. The summed E-state index contributed by atoms with van der Waals surface area (Å²) in [5.74, 6) is -0.0552. The summed E-state index contributed by atoms with van der Waals surface area (Å²) in [6.45, 7) is 2.66. The van der Waals surface area contributed by atoms with Crippen molar-refractivity contribution >= 4 is 29.6 Å². The van der Waals surface area contributed by atoms with Gasteiger partial charge in [0.25, 0.3) is 0 Å². The fraction of sp³-hybridized carbons (Fsp3) is 0.318. The number of benzene rings is 2. The van der Waals surface area contributed by atoms with E-state index in [0.29, 0.717) is 13.1 Å². The van der Waals surface area contributed by atoms with Crippen molar-refractivity contribution in [2.24, 2.45) is 10.7 Å². The highest BCUT2D eigenvalue weighted by molar-refractivity contribution is 5.82. The minimum atomic E-state index is -0.885. The molecule has 0 radical (unpaired) electrons. The lowest BCUT2D eigenvalue weighted by Crippen LogP contribution is -2.55. The Morgan fingerprint density at radius 3 is 2.50 bits per heavy atom. The molecule has 0 saturated carbocycles. The SMILES string of the molecule is NC(=O)OC(CC(=O)N1CCN(C2C=Nc3ccccc3N2)CC1)c1ccccc1. The Hall–Kier alpha value is -3.39. The van der Waals surface area contributed by atoms with Crippen molar-refractivity contribution in [1.29, 1.82) is 0 Å². The molecule has 1 saturated heterocycles. The first-order valence-electron chi connectivity index (χ1n) is 10.0. The van der Waals surface area contributed by atoms with Gasteiger partial charge in [-0.3, -0.25) is 14.7 Å². The number of nitrogens with two attached hydrogens (primary N) is 1. The summed E-state index contributed by atoms with van der Waals surface area (Å²) in [6, 6.07) is 17.1. The average molecular weight is 407 g/mol. The summed E-state index contributed by atoms with van der Waals surface area (Å²) in [6.07, 6.45) is 0.421. The first-order chi connectivity index (χ1) is 14.6. The van der Waals surface area contributed by atoms with E-state index in [0.717, 1.165) is 30.0 Å². The van der Waals surface area contributed by atoms with E-state index >= 15 is 0 Å². The van der Waals surface area contributed by atoms with Crippen molar-refractivity contribution in [2.45, 2.75) is 18.7 Å². The number of piperazine rings is 1. The molecule has 4 rings (SSSR count). The predicted octanol–water partition coefficient (Wildman–Crippen LogP) is 2.51. The number of rotatable bonds is 5. The maximum absolute atomic E-state index is 12.8. The molecule has 8 heteroatoms. The van der Waals surface area contributed by atoms with Crippen LogP contribution in [0.3, 0.4) is 0 Å². The first kappa shape index (κ1) is 19.9. The van der Waals surface area contributed by atoms with Crippen LogP contribution in [0.5, 0.6) is 0 Å². The molecule has 2 unspecified atom stereocenters. The molecule has 2 atom stereocenters. The van der Waals surface area contributed by atoms with Crippen molar-refractivity contribution in [2.75, 3.05) is 31.5 Å². The summed E-state index contributed by atoms with van der Waals surface area (Å²) >= 11 is 0. The van der Waals surface area contributed by atoms with Crippen LogP contribution in [0.25, 0.3) is 0 Å². The number of hydrogen-bond donors (Lipinski definition) is 2. The number of carbonyl (C=O) groups is 2. The van der Waals surface area contributed by atoms with Crippen LogP contribution in [0.2, 0.25) is 0 Å². The number of anilines is 1. The number of fused-ring (bicyclic) bond motifs is 1. The number of hydrogen-bond acceptors (Lipinski definition) is 6. The number of para-hydroxylation sites is 2. The lowest BCUT2D eigenvalue weighted by atomic mass is 10.1. The van der Waals surface area contributed by atoms with E-state index in [2.05, 4.69) is 15.2 Å². The van der Waals surface area contributed by atoms with E-state index < -0.39 is 12.2 Å². The van der Waals surface area contributed by atoms with E-state index in [1.54, 1.807) is 0 Å². The van der Waals surface area contributed by atoms with Crippen LogP contribution in [-0.2, 0) is 9.53 Å². The molecule has 2 aliphatic heterocycles. The van der Waals surface area contributed by atoms with Gasteiger partial charge in [-0.15, -0.1) is 0 Å². The Morgan fingerprint density at radius 1 is 1.07 bits per heavy atom. The van der Waals surface area contributed by atoms with Crippen LogP contribution in [0.4, 0.5) is 16.2 Å². The van der Waals surface area contributed by atoms with E-state index in [1.165, 1.54) is 0 Å². The molecular weight excluding hydrogens is 382 g/mol. The quantitative estimate of drug-likeness (QED) is 0.793. The number of aliphatic imine (C=N–C) groups is 1. The van der Waals surface area contributed by atoms with Gasteiger partial charge >= 0.3 is 6.09 Å². The Balaban J connectivity index is 1.33. The lowest BCUT2D eigenvalue weighted by molar-refractivity contribution is -0.135. The fourth-order valence-electron chi connectivity index (χ4n) is 3.81. The summed E-state index contributed by atoms with van der Waals surface area (Å²) in [5, 5.41) is 3.49. The number of nitrogens with zero attached hydrogens (tertiary/aromatic N) is 3. The van der Waals surface area contributed by atoms with Gasteiger partial charge in [0, 0.05) is 32.4 Å². The molecule has 8 nitrogen and oxygen atoms in total. The van der Waals surface area contributed by atoms with Gasteiger partial charge < -0.3 is 20.7 Å². The van der Waals surface area contributed by atoms with Crippen LogP contribution in [0.15, 0.2) is 59.6 Å². The molecule has 0 bridgehead atoms. The minimum Gasteiger partial charge on any atom is -0.441 e. The maximum atomic E-state index is 12.8. The Kier molecular flexibility index (Phi) is 5.94. The third-order valence-electron chi connectivity index (χ3n) is 5.41. The molecule has 1 fully saturated rings. The van der Waals surface area contributed by atoms with Gasteiger partial charge in [-0.05, 0) is 17.7 Å². The van der Waals surface area contributed by atoms with Gasteiger partial charge in [-0.2, -0.15) is 0 Å². The summed E-state index contributed by atoms with van der Waals surface area (Å²) in [4.78, 5) is 32.7. The zero-order chi connectivity index (χ0) is 20.9. The highest BCUT2D eigenvalue weighted by Gasteiger charge is 2.29. The molecule has 2 aromatic rings. The predicted molar refractivity (Wildman–Crippen MR) is 115 cm³/mol. The fourth-order valence-corrected chi connectivity index (χ4v) is 3.81. The zero-order valence-corrected chi connectivity index (χ0v) is 16.6. The number of nitrogens with one attached hydrogen (secondary N) is 1. The van der Waals surface area contributed by atoms with Crippen LogP contribution < -0.4 is 11.1 Å². The van der Waals surface area contributed by atoms with E-state index in [1.807, 2.05) is 65.7 Å². The van der Waals surface area contributed by atoms with Crippen molar-refractivity contribution in [3.8, 4) is 0 Å². The van der Waals surface area contributed by atoms with Crippen molar-refractivity contribution in [1.82, 2.24) is 9.80 Å². The first-order valence-corrected chi connectivity index (χ1v) is 10.0. The third kappa shape index (κ3) is 4.60. The Morgan fingerprint density at radius 2 is 1.77 bits per heavy atom. The normalized spacial score (nSPS) is 19.5. The topological polar surface area (TPSA) is 100 Å². The zero-order valence-electron chi connectivity index (χ0n) is 16.6. The van der Waals surface area contributed by atoms with E-state index in [9.17, 15) is 9.59 Å². The van der Waals surface area contributed by atoms with Crippen molar-refractivity contribution in [3.05, 3.63) is 60.2 Å². The van der Waals surface area contributed by atoms with Gasteiger partial charge in [0.05, 0.1) is 17.8 Å². The molecule has 2 amide bonds. The van der Waals surface area contributed by atoms with Gasteiger partial charge in [-0.25, -0.2) is 4.79 Å². The Bertz CT molecular complexity index is 925. The molecule has 3 N–H and O–H groups in total. The summed E-state index contributed by atoms with van der Waals surface area (Å²) in [5.41, 5.74) is 7.91. The smallest absolute Gasteiger partial charge is 0.405 e. The monoisotopic (exact) mass is 407 g/mol. The molecular formula is C22H25N5O3. The second-order valence-corrected chi connectivity index (χ2v) is 7.34. The number of primary amides is 1. The highest BCUT2D eigenvalue weighted by Crippen LogP contribution is 2.28. The lowest BCUT2D eigenvalue weighted by Gasteiger charge is -2.39. The molecule has 2 heterocycles. The largest absolute Gasteiger partial charge is 0.441 e. The van der Waals surface area contributed by atoms with Crippen LogP contribution in [0, 0.1) is 0 Å². The minimum absolute atomic E-state index is 0.00687. The van der Waals surface area contributed by atoms with Crippen LogP contribution in [0.1, 0.15) is 18.1 Å². The van der Waals surface area contributed by atoms with Crippen LogP contribution in [-0.4, -0.2) is 60.4 Å². The maximum Gasteiger partial charge on any atom is 0.405 e. The summed E-state index contributed by atoms with van der Waals surface area (Å²) < 4.78 is 5.20. The molecule has 0 spiro atoms. The summed E-state index contributed by atoms with van der Waals surface area (Å²) in [7, 11) is 0. The van der Waals surface area contributed by atoms with E-state index in [-0.39, 0.29) is 18.5 Å². The highest BCUT2D eigenvalue weighted by atomic mass is 16.6. The van der Waals surface area contributed by atoms with E-state index in [4.69, 9.17) is 10.5 Å². The van der Waals surface area contributed by atoms with Crippen LogP contribution >= 0.6 is 0 Å². The standard InChI is InChI=1S/C22H25N5O3/c23-22(29)30-19(16-6-2-1-3-7-16)14-21(28)27-12-10-26(11-13-27)20-15-24-17-8-4-5-9-18(17)25-20/h1-9,15,19-20,25H,10-14H2,(H2,23,29). The van der Waals surface area contributed by atoms with Gasteiger partial charge in [-0.1, -0.05) is 42.5 Å². The van der Waals surface area contributed by atoms with Crippen molar-refractivity contribution < 1.29 is 14.3 Å². The number of ether oxygens (including phenoxy) is 1. The average Bonchev–Trinajstić information content (AvgIpc) is 2.78. The molecule has 0 aromatic heterocycles.